The second-order valence-corrected chi connectivity index (χ2v) is 8.09. The van der Waals surface area contributed by atoms with Gasteiger partial charge in [0, 0.05) is 32.1 Å². The summed E-state index contributed by atoms with van der Waals surface area (Å²) < 4.78 is 0. The van der Waals surface area contributed by atoms with E-state index in [1.54, 1.807) is 19.0 Å². The average molecular weight is 507 g/mol. The van der Waals surface area contributed by atoms with E-state index in [4.69, 9.17) is 0 Å². The van der Waals surface area contributed by atoms with Crippen molar-refractivity contribution < 1.29 is 4.79 Å². The first kappa shape index (κ1) is 24.2. The van der Waals surface area contributed by atoms with Crippen LogP contribution in [0.15, 0.2) is 22.5 Å². The monoisotopic (exact) mass is 507 g/mol. The van der Waals surface area contributed by atoms with Crippen LogP contribution in [-0.4, -0.2) is 68.5 Å². The average Bonchev–Trinajstić information content (AvgIpc) is 3.15. The normalized spacial score (nSPS) is 17.1. The molecular formula is C19H34IN5OS. The highest BCUT2D eigenvalue weighted by Gasteiger charge is 2.25. The van der Waals surface area contributed by atoms with Crippen LogP contribution in [0.1, 0.15) is 37.6 Å². The molecule has 1 atom stereocenters. The summed E-state index contributed by atoms with van der Waals surface area (Å²) in [6.07, 6.45) is 2.51. The van der Waals surface area contributed by atoms with E-state index in [9.17, 15) is 4.79 Å². The third kappa shape index (κ3) is 7.95. The minimum Gasteiger partial charge on any atom is -0.357 e. The third-order valence-electron chi connectivity index (χ3n) is 4.81. The Morgan fingerprint density at radius 1 is 1.37 bits per heavy atom. The van der Waals surface area contributed by atoms with Gasteiger partial charge in [-0.05, 0) is 50.2 Å². The zero-order chi connectivity index (χ0) is 18.9. The topological polar surface area (TPSA) is 60.0 Å². The molecule has 1 fully saturated rings. The Kier molecular flexibility index (Phi) is 11.2. The molecule has 1 saturated heterocycles. The molecule has 0 spiro atoms. The van der Waals surface area contributed by atoms with Gasteiger partial charge in [0.1, 0.15) is 6.54 Å². The summed E-state index contributed by atoms with van der Waals surface area (Å²) in [6.45, 7) is 8.37. The van der Waals surface area contributed by atoms with Crippen LogP contribution >= 0.6 is 35.3 Å². The van der Waals surface area contributed by atoms with E-state index in [0.29, 0.717) is 12.0 Å². The van der Waals surface area contributed by atoms with Crippen LogP contribution in [0.2, 0.25) is 0 Å². The van der Waals surface area contributed by atoms with Gasteiger partial charge in [0.15, 0.2) is 5.96 Å². The molecule has 2 rings (SSSR count). The highest BCUT2D eigenvalue weighted by Crippen LogP contribution is 2.28. The molecule has 1 amide bonds. The van der Waals surface area contributed by atoms with Gasteiger partial charge in [-0.25, -0.2) is 4.99 Å². The minimum absolute atomic E-state index is 0. The standard InChI is InChI=1S/C19H33N5OS.HI/c1-5-20-19(22-14-18(25)23(3)4)21-13-16(17-7-6-12-26-17)24-10-8-15(2)9-11-24;/h6-7,12,15-16H,5,8-11,13-14H2,1-4H3,(H2,20,21,22);1H. The van der Waals surface area contributed by atoms with E-state index >= 15 is 0 Å². The number of likely N-dealkylation sites (tertiary alicyclic amines) is 1. The number of carbonyl (C=O) groups is 1. The van der Waals surface area contributed by atoms with Gasteiger partial charge < -0.3 is 15.5 Å². The van der Waals surface area contributed by atoms with Crippen molar-refractivity contribution >= 4 is 47.2 Å². The largest absolute Gasteiger partial charge is 0.357 e. The molecule has 1 aliphatic heterocycles. The number of halogens is 1. The summed E-state index contributed by atoms with van der Waals surface area (Å²) >= 11 is 1.81. The van der Waals surface area contributed by atoms with E-state index < -0.39 is 0 Å². The molecule has 0 saturated carbocycles. The van der Waals surface area contributed by atoms with Gasteiger partial charge in [0.25, 0.3) is 0 Å². The van der Waals surface area contributed by atoms with E-state index in [2.05, 4.69) is 45.0 Å². The summed E-state index contributed by atoms with van der Waals surface area (Å²) in [6, 6.07) is 4.68. The number of piperidine rings is 1. The minimum atomic E-state index is 0. The first-order chi connectivity index (χ1) is 12.5. The molecule has 1 aromatic heterocycles. The maximum atomic E-state index is 11.8. The molecule has 1 aromatic rings. The van der Waals surface area contributed by atoms with E-state index in [0.717, 1.165) is 32.1 Å². The fourth-order valence-corrected chi connectivity index (χ4v) is 3.91. The Labute approximate surface area is 184 Å². The predicted octanol–water partition coefficient (Wildman–Crippen LogP) is 2.78. The van der Waals surface area contributed by atoms with Gasteiger partial charge in [0.2, 0.25) is 5.91 Å². The van der Waals surface area contributed by atoms with Crippen LogP contribution < -0.4 is 10.6 Å². The summed E-state index contributed by atoms with van der Waals surface area (Å²) in [7, 11) is 3.50. The first-order valence-corrected chi connectivity index (χ1v) is 10.4. The van der Waals surface area contributed by atoms with Gasteiger partial charge in [0.05, 0.1) is 6.04 Å². The highest BCUT2D eigenvalue weighted by atomic mass is 127. The quantitative estimate of drug-likeness (QED) is 0.339. The van der Waals surface area contributed by atoms with Crippen molar-refractivity contribution in [1.82, 2.24) is 20.4 Å². The summed E-state index contributed by atoms with van der Waals surface area (Å²) in [5.74, 6) is 1.52. The Balaban J connectivity index is 0.00000364. The van der Waals surface area contributed by atoms with Gasteiger partial charge >= 0.3 is 0 Å². The molecule has 154 valence electrons. The fourth-order valence-electron chi connectivity index (χ4n) is 3.05. The summed E-state index contributed by atoms with van der Waals surface area (Å²) in [4.78, 5) is 21.8. The Morgan fingerprint density at radius 3 is 2.63 bits per heavy atom. The molecule has 8 heteroatoms. The second kappa shape index (κ2) is 12.6. The Morgan fingerprint density at radius 2 is 2.07 bits per heavy atom. The van der Waals surface area contributed by atoms with Crippen LogP contribution in [-0.2, 0) is 4.79 Å². The molecule has 1 unspecified atom stereocenters. The number of aliphatic imine (C=N–C) groups is 1. The summed E-state index contributed by atoms with van der Waals surface area (Å²) in [5, 5.41) is 8.83. The molecule has 27 heavy (non-hydrogen) atoms. The number of hydrogen-bond acceptors (Lipinski definition) is 4. The lowest BCUT2D eigenvalue weighted by Gasteiger charge is -2.36. The molecular weight excluding hydrogens is 473 g/mol. The van der Waals surface area contributed by atoms with Crippen molar-refractivity contribution in [1.29, 1.82) is 0 Å². The molecule has 2 heterocycles. The van der Waals surface area contributed by atoms with Crippen molar-refractivity contribution in [2.24, 2.45) is 10.9 Å². The lowest BCUT2D eigenvalue weighted by molar-refractivity contribution is -0.127. The van der Waals surface area contributed by atoms with Gasteiger partial charge in [-0.2, -0.15) is 0 Å². The van der Waals surface area contributed by atoms with Crippen molar-refractivity contribution in [3.8, 4) is 0 Å². The summed E-state index contributed by atoms with van der Waals surface area (Å²) in [5.41, 5.74) is 0. The number of rotatable bonds is 7. The van der Waals surface area contributed by atoms with E-state index in [1.807, 2.05) is 18.3 Å². The number of nitrogens with one attached hydrogen (secondary N) is 2. The fraction of sp³-hybridized carbons (Fsp3) is 0.684. The number of nitrogens with zero attached hydrogens (tertiary/aromatic N) is 3. The smallest absolute Gasteiger partial charge is 0.243 e. The zero-order valence-electron chi connectivity index (χ0n) is 16.9. The van der Waals surface area contributed by atoms with Crippen molar-refractivity contribution in [3.05, 3.63) is 22.4 Å². The van der Waals surface area contributed by atoms with Crippen LogP contribution in [0.4, 0.5) is 0 Å². The van der Waals surface area contributed by atoms with Crippen molar-refractivity contribution in [3.63, 3.8) is 0 Å². The van der Waals surface area contributed by atoms with Gasteiger partial charge in [-0.15, -0.1) is 35.3 Å². The third-order valence-corrected chi connectivity index (χ3v) is 5.78. The number of guanidine groups is 1. The van der Waals surface area contributed by atoms with Gasteiger partial charge in [-0.1, -0.05) is 13.0 Å². The zero-order valence-corrected chi connectivity index (χ0v) is 20.0. The number of thiophene rings is 1. The Hall–Kier alpha value is -0.870. The molecule has 6 nitrogen and oxygen atoms in total. The maximum Gasteiger partial charge on any atom is 0.243 e. The first-order valence-electron chi connectivity index (χ1n) is 9.51. The Bertz CT molecular complexity index is 571. The van der Waals surface area contributed by atoms with Crippen LogP contribution in [0, 0.1) is 5.92 Å². The molecule has 0 aliphatic carbocycles. The number of likely N-dealkylation sites (N-methyl/N-ethyl adjacent to an activating group) is 1. The molecule has 1 aliphatic rings. The molecule has 0 radical (unpaired) electrons. The number of amides is 1. The lowest BCUT2D eigenvalue weighted by atomic mass is 9.97. The highest BCUT2D eigenvalue weighted by molar-refractivity contribution is 14.0. The number of hydrogen-bond donors (Lipinski definition) is 2. The van der Waals surface area contributed by atoms with Crippen molar-refractivity contribution in [2.45, 2.75) is 32.7 Å². The predicted molar refractivity (Wildman–Crippen MR) is 125 cm³/mol. The van der Waals surface area contributed by atoms with Crippen LogP contribution in [0.5, 0.6) is 0 Å². The van der Waals surface area contributed by atoms with E-state index in [-0.39, 0.29) is 36.4 Å². The molecule has 2 N–H and O–H groups in total. The molecule has 0 aromatic carbocycles. The van der Waals surface area contributed by atoms with E-state index in [1.165, 1.54) is 17.7 Å². The van der Waals surface area contributed by atoms with Gasteiger partial charge in [-0.3, -0.25) is 9.69 Å². The van der Waals surface area contributed by atoms with Crippen molar-refractivity contribution in [2.75, 3.05) is 46.8 Å². The second-order valence-electron chi connectivity index (χ2n) is 7.11. The number of carbonyl (C=O) groups excluding carboxylic acids is 1. The van der Waals surface area contributed by atoms with Crippen LogP contribution in [0.3, 0.4) is 0 Å². The SMILES string of the molecule is CCNC(=NCC(=O)N(C)C)NCC(c1cccs1)N1CCC(C)CC1.I. The maximum absolute atomic E-state index is 11.8. The molecule has 0 bridgehead atoms. The van der Waals surface area contributed by atoms with Crippen LogP contribution in [0.25, 0.3) is 0 Å². The lowest BCUT2D eigenvalue weighted by Crippen LogP contribution is -2.45.